The van der Waals surface area contributed by atoms with Gasteiger partial charge < -0.3 is 16.0 Å². The van der Waals surface area contributed by atoms with E-state index in [9.17, 15) is 14.4 Å². The standard InChI is InChI=1S/C20H27N3O3/c1-15(24)22-18-10-7-16(8-11-18)9-12-19(25)21-14-13-20(26)23-17-5-3-2-4-6-17/h7-12,17H,2-6,13-14H2,1H3,(H,21,25)(H,22,24)(H,23,26)/b12-9+. The van der Waals surface area contributed by atoms with Crippen LogP contribution in [-0.2, 0) is 14.4 Å². The third-order valence-corrected chi connectivity index (χ3v) is 4.28. The van der Waals surface area contributed by atoms with Gasteiger partial charge in [-0.15, -0.1) is 0 Å². The predicted molar refractivity (Wildman–Crippen MR) is 102 cm³/mol. The maximum absolute atomic E-state index is 11.9. The van der Waals surface area contributed by atoms with Gasteiger partial charge in [-0.25, -0.2) is 0 Å². The first-order valence-electron chi connectivity index (χ1n) is 9.16. The Labute approximate surface area is 154 Å². The monoisotopic (exact) mass is 357 g/mol. The fraction of sp³-hybridized carbons (Fsp3) is 0.450. The van der Waals surface area contributed by atoms with Gasteiger partial charge in [0.05, 0.1) is 0 Å². The molecule has 6 heteroatoms. The predicted octanol–water partition coefficient (Wildman–Crippen LogP) is 2.61. The van der Waals surface area contributed by atoms with Crippen molar-refractivity contribution in [3.63, 3.8) is 0 Å². The van der Waals surface area contributed by atoms with Crippen LogP contribution in [0, 0.1) is 0 Å². The highest BCUT2D eigenvalue weighted by Gasteiger charge is 2.15. The SMILES string of the molecule is CC(=O)Nc1ccc(/C=C/C(=O)NCCC(=O)NC2CCCCC2)cc1. The van der Waals surface area contributed by atoms with Gasteiger partial charge >= 0.3 is 0 Å². The van der Waals surface area contributed by atoms with Crippen LogP contribution in [0.2, 0.25) is 0 Å². The zero-order valence-corrected chi connectivity index (χ0v) is 15.2. The largest absolute Gasteiger partial charge is 0.353 e. The summed E-state index contributed by atoms with van der Waals surface area (Å²) in [4.78, 5) is 34.7. The van der Waals surface area contributed by atoms with Crippen molar-refractivity contribution in [2.24, 2.45) is 0 Å². The number of hydrogen-bond donors (Lipinski definition) is 3. The molecule has 0 bridgehead atoms. The highest BCUT2D eigenvalue weighted by molar-refractivity contribution is 5.92. The summed E-state index contributed by atoms with van der Waals surface area (Å²) in [6.07, 6.45) is 9.15. The first kappa shape index (κ1) is 19.7. The summed E-state index contributed by atoms with van der Waals surface area (Å²) in [6, 6.07) is 7.47. The lowest BCUT2D eigenvalue weighted by Crippen LogP contribution is -2.38. The van der Waals surface area contributed by atoms with E-state index in [-0.39, 0.29) is 17.7 Å². The van der Waals surface area contributed by atoms with Gasteiger partial charge in [0, 0.05) is 37.7 Å². The average molecular weight is 357 g/mol. The minimum Gasteiger partial charge on any atom is -0.353 e. The van der Waals surface area contributed by atoms with Crippen LogP contribution < -0.4 is 16.0 Å². The molecule has 2 rings (SSSR count). The average Bonchev–Trinajstić information content (AvgIpc) is 2.61. The molecule has 3 N–H and O–H groups in total. The molecule has 140 valence electrons. The number of hydrogen-bond acceptors (Lipinski definition) is 3. The molecule has 6 nitrogen and oxygen atoms in total. The first-order chi connectivity index (χ1) is 12.5. The van der Waals surface area contributed by atoms with Crippen LogP contribution in [0.1, 0.15) is 51.0 Å². The van der Waals surface area contributed by atoms with Crippen LogP contribution in [-0.4, -0.2) is 30.3 Å². The van der Waals surface area contributed by atoms with E-state index >= 15 is 0 Å². The van der Waals surface area contributed by atoms with Crippen LogP contribution in [0.25, 0.3) is 6.08 Å². The number of nitrogens with one attached hydrogen (secondary N) is 3. The molecule has 0 aromatic heterocycles. The van der Waals surface area contributed by atoms with Crippen LogP contribution in [0.15, 0.2) is 30.3 Å². The molecule has 0 unspecified atom stereocenters. The molecule has 0 saturated heterocycles. The summed E-state index contributed by atoms with van der Waals surface area (Å²) < 4.78 is 0. The topological polar surface area (TPSA) is 87.3 Å². The van der Waals surface area contributed by atoms with E-state index in [4.69, 9.17) is 0 Å². The van der Waals surface area contributed by atoms with Crippen molar-refractivity contribution >= 4 is 29.5 Å². The Kier molecular flexibility index (Phi) is 7.86. The summed E-state index contributed by atoms with van der Waals surface area (Å²) in [5.41, 5.74) is 1.56. The summed E-state index contributed by atoms with van der Waals surface area (Å²) in [6.45, 7) is 1.77. The maximum Gasteiger partial charge on any atom is 0.244 e. The molecule has 0 aliphatic heterocycles. The molecule has 0 spiro atoms. The van der Waals surface area contributed by atoms with Gasteiger partial charge in [0.25, 0.3) is 0 Å². The number of carbonyl (C=O) groups is 3. The maximum atomic E-state index is 11.9. The first-order valence-corrected chi connectivity index (χ1v) is 9.16. The van der Waals surface area contributed by atoms with E-state index in [0.29, 0.717) is 24.7 Å². The number of benzene rings is 1. The van der Waals surface area contributed by atoms with Crippen molar-refractivity contribution in [2.45, 2.75) is 51.5 Å². The molecular weight excluding hydrogens is 330 g/mol. The molecule has 1 aromatic carbocycles. The van der Waals surface area contributed by atoms with E-state index in [1.807, 2.05) is 12.1 Å². The van der Waals surface area contributed by atoms with E-state index in [2.05, 4.69) is 16.0 Å². The molecule has 0 radical (unpaired) electrons. The van der Waals surface area contributed by atoms with Crippen LogP contribution in [0.5, 0.6) is 0 Å². The molecule has 1 aromatic rings. The van der Waals surface area contributed by atoms with Gasteiger partial charge in [0.1, 0.15) is 0 Å². The molecule has 1 saturated carbocycles. The van der Waals surface area contributed by atoms with E-state index in [1.54, 1.807) is 18.2 Å². The second kappa shape index (κ2) is 10.4. The quantitative estimate of drug-likeness (QED) is 0.656. The second-order valence-corrected chi connectivity index (χ2v) is 6.58. The summed E-state index contributed by atoms with van der Waals surface area (Å²) in [5, 5.41) is 8.43. The highest BCUT2D eigenvalue weighted by atomic mass is 16.2. The van der Waals surface area contributed by atoms with E-state index in [1.165, 1.54) is 32.3 Å². The van der Waals surface area contributed by atoms with Gasteiger partial charge in [-0.05, 0) is 36.6 Å². The number of amides is 3. The van der Waals surface area contributed by atoms with Gasteiger partial charge in [-0.3, -0.25) is 14.4 Å². The third-order valence-electron chi connectivity index (χ3n) is 4.28. The Morgan fingerprint density at radius 2 is 1.77 bits per heavy atom. The molecule has 0 heterocycles. The normalized spacial score (nSPS) is 14.8. The smallest absolute Gasteiger partial charge is 0.244 e. The van der Waals surface area contributed by atoms with Crippen molar-refractivity contribution in [1.82, 2.24) is 10.6 Å². The van der Waals surface area contributed by atoms with Crippen LogP contribution in [0.4, 0.5) is 5.69 Å². The number of carbonyl (C=O) groups excluding carboxylic acids is 3. The molecule has 1 fully saturated rings. The molecule has 1 aliphatic carbocycles. The lowest BCUT2D eigenvalue weighted by Gasteiger charge is -2.22. The number of rotatable bonds is 7. The summed E-state index contributed by atoms with van der Waals surface area (Å²) in [5.74, 6) is -0.365. The molecule has 0 atom stereocenters. The lowest BCUT2D eigenvalue weighted by molar-refractivity contribution is -0.122. The van der Waals surface area contributed by atoms with Crippen molar-refractivity contribution < 1.29 is 14.4 Å². The van der Waals surface area contributed by atoms with Crippen molar-refractivity contribution in [2.75, 3.05) is 11.9 Å². The van der Waals surface area contributed by atoms with Crippen LogP contribution >= 0.6 is 0 Å². The molecule has 26 heavy (non-hydrogen) atoms. The van der Waals surface area contributed by atoms with Crippen molar-refractivity contribution in [3.8, 4) is 0 Å². The van der Waals surface area contributed by atoms with Gasteiger partial charge in [-0.2, -0.15) is 0 Å². The van der Waals surface area contributed by atoms with Crippen molar-refractivity contribution in [1.29, 1.82) is 0 Å². The zero-order valence-electron chi connectivity index (χ0n) is 15.2. The Balaban J connectivity index is 1.66. The van der Waals surface area contributed by atoms with E-state index < -0.39 is 0 Å². The number of anilines is 1. The lowest BCUT2D eigenvalue weighted by atomic mass is 9.95. The van der Waals surface area contributed by atoms with Gasteiger partial charge in [-0.1, -0.05) is 31.4 Å². The minimum atomic E-state index is -0.235. The Morgan fingerprint density at radius 1 is 1.08 bits per heavy atom. The minimum absolute atomic E-state index is 0.00487. The Bertz CT molecular complexity index is 647. The fourth-order valence-corrected chi connectivity index (χ4v) is 2.96. The third kappa shape index (κ3) is 7.51. The fourth-order valence-electron chi connectivity index (χ4n) is 2.96. The molecule has 1 aliphatic rings. The summed E-state index contributed by atoms with van der Waals surface area (Å²) in [7, 11) is 0. The van der Waals surface area contributed by atoms with Crippen LogP contribution in [0.3, 0.4) is 0 Å². The van der Waals surface area contributed by atoms with E-state index in [0.717, 1.165) is 18.4 Å². The zero-order chi connectivity index (χ0) is 18.8. The Hall–Kier alpha value is -2.63. The highest BCUT2D eigenvalue weighted by Crippen LogP contribution is 2.17. The Morgan fingerprint density at radius 3 is 2.42 bits per heavy atom. The summed E-state index contributed by atoms with van der Waals surface area (Å²) >= 11 is 0. The van der Waals surface area contributed by atoms with Gasteiger partial charge in [0.2, 0.25) is 17.7 Å². The van der Waals surface area contributed by atoms with Gasteiger partial charge in [0.15, 0.2) is 0 Å². The molecular formula is C20H27N3O3. The van der Waals surface area contributed by atoms with Crippen molar-refractivity contribution in [3.05, 3.63) is 35.9 Å². The second-order valence-electron chi connectivity index (χ2n) is 6.58. The molecule has 3 amide bonds.